The van der Waals surface area contributed by atoms with E-state index in [1.165, 1.54) is 18.2 Å². The number of hydrogen-bond donors (Lipinski definition) is 3. The molecule has 3 aromatic rings. The summed E-state index contributed by atoms with van der Waals surface area (Å²) < 4.78 is 0.848. The van der Waals surface area contributed by atoms with E-state index in [1.807, 2.05) is 19.1 Å². The smallest absolute Gasteiger partial charge is 0.272 e. The minimum absolute atomic E-state index is 0.0435. The van der Waals surface area contributed by atoms with E-state index in [-0.39, 0.29) is 30.3 Å². The van der Waals surface area contributed by atoms with E-state index in [9.17, 15) is 19.7 Å². The molecule has 9 nitrogen and oxygen atoms in total. The van der Waals surface area contributed by atoms with Gasteiger partial charge in [-0.05, 0) is 30.7 Å². The number of carbonyl (C=O) groups is 2. The Labute approximate surface area is 167 Å². The molecule has 0 unspecified atom stereocenters. The predicted octanol–water partition coefficient (Wildman–Crippen LogP) is 3.30. The maximum atomic E-state index is 12.3. The van der Waals surface area contributed by atoms with Crippen LogP contribution in [0.15, 0.2) is 40.9 Å². The van der Waals surface area contributed by atoms with Crippen molar-refractivity contribution in [2.75, 3.05) is 11.9 Å². The Balaban J connectivity index is 1.60. The zero-order valence-electron chi connectivity index (χ0n) is 14.8. The highest BCUT2D eigenvalue weighted by molar-refractivity contribution is 9.10. The molecule has 0 radical (unpaired) electrons. The number of aromatic amines is 1. The van der Waals surface area contributed by atoms with Crippen LogP contribution in [0.25, 0.3) is 10.9 Å². The Morgan fingerprint density at radius 1 is 1.25 bits per heavy atom. The van der Waals surface area contributed by atoms with E-state index in [4.69, 9.17) is 0 Å². The van der Waals surface area contributed by atoms with Gasteiger partial charge in [0.1, 0.15) is 0 Å². The Morgan fingerprint density at radius 3 is 2.79 bits per heavy atom. The average molecular weight is 446 g/mol. The summed E-state index contributed by atoms with van der Waals surface area (Å²) in [6.45, 7) is 1.98. The lowest BCUT2D eigenvalue weighted by molar-refractivity contribution is -0.384. The average Bonchev–Trinajstić information content (AvgIpc) is 3.08. The fourth-order valence-corrected chi connectivity index (χ4v) is 2.96. The molecule has 3 N–H and O–H groups in total. The molecular formula is C18H16BrN5O4. The monoisotopic (exact) mass is 445 g/mol. The summed E-state index contributed by atoms with van der Waals surface area (Å²) in [6.07, 6.45) is 0.0696. The first-order chi connectivity index (χ1) is 13.3. The molecule has 0 spiro atoms. The van der Waals surface area contributed by atoms with E-state index < -0.39 is 10.8 Å². The van der Waals surface area contributed by atoms with Crippen molar-refractivity contribution in [2.45, 2.75) is 13.3 Å². The number of fused-ring (bicyclic) bond motifs is 1. The Kier molecular flexibility index (Phi) is 5.69. The van der Waals surface area contributed by atoms with Gasteiger partial charge < -0.3 is 10.6 Å². The summed E-state index contributed by atoms with van der Waals surface area (Å²) in [5, 5.41) is 23.2. The van der Waals surface area contributed by atoms with E-state index >= 15 is 0 Å². The third-order valence-corrected chi connectivity index (χ3v) is 4.58. The van der Waals surface area contributed by atoms with Crippen LogP contribution in [0, 0.1) is 17.0 Å². The number of H-pyrrole nitrogens is 1. The van der Waals surface area contributed by atoms with Gasteiger partial charge in [0.25, 0.3) is 11.6 Å². The van der Waals surface area contributed by atoms with Gasteiger partial charge in [-0.25, -0.2) is 0 Å². The zero-order valence-corrected chi connectivity index (χ0v) is 16.4. The molecule has 0 saturated carbocycles. The van der Waals surface area contributed by atoms with Crippen molar-refractivity contribution in [3.63, 3.8) is 0 Å². The van der Waals surface area contributed by atoms with Crippen LogP contribution in [-0.4, -0.2) is 33.5 Å². The Bertz CT molecular complexity index is 1080. The molecule has 0 bridgehead atoms. The number of halogens is 1. The largest absolute Gasteiger partial charge is 0.350 e. The quantitative estimate of drug-likeness (QED) is 0.395. The summed E-state index contributed by atoms with van der Waals surface area (Å²) in [5.74, 6) is -0.762. The highest BCUT2D eigenvalue weighted by Gasteiger charge is 2.17. The van der Waals surface area contributed by atoms with Crippen LogP contribution in [0.1, 0.15) is 22.5 Å². The number of amides is 2. The zero-order chi connectivity index (χ0) is 20.3. The van der Waals surface area contributed by atoms with Crippen LogP contribution >= 0.6 is 15.9 Å². The van der Waals surface area contributed by atoms with Crippen molar-refractivity contribution in [2.24, 2.45) is 0 Å². The second-order valence-electron chi connectivity index (χ2n) is 6.07. The maximum Gasteiger partial charge on any atom is 0.272 e. The number of non-ortho nitro benzene ring substituents is 1. The van der Waals surface area contributed by atoms with Crippen molar-refractivity contribution in [3.8, 4) is 0 Å². The standard InChI is InChI=1S/C18H16BrN5O4/c1-10-2-3-11(19)8-15(10)21-16(25)6-7-20-18(26)17-13-9-12(24(27)28)4-5-14(13)22-23-17/h2-5,8-9H,6-7H2,1H3,(H,20,26)(H,21,25)(H,22,23). The molecule has 3 rings (SSSR count). The van der Waals surface area contributed by atoms with Gasteiger partial charge in [0, 0.05) is 40.6 Å². The van der Waals surface area contributed by atoms with Gasteiger partial charge in [-0.1, -0.05) is 22.0 Å². The van der Waals surface area contributed by atoms with Gasteiger partial charge in [-0.3, -0.25) is 24.8 Å². The highest BCUT2D eigenvalue weighted by atomic mass is 79.9. The summed E-state index contributed by atoms with van der Waals surface area (Å²) in [7, 11) is 0. The molecule has 28 heavy (non-hydrogen) atoms. The van der Waals surface area contributed by atoms with Crippen molar-refractivity contribution in [3.05, 3.63) is 62.2 Å². The number of aryl methyl sites for hydroxylation is 1. The number of nitrogens with zero attached hydrogens (tertiary/aromatic N) is 2. The molecular weight excluding hydrogens is 430 g/mol. The normalized spacial score (nSPS) is 10.6. The third-order valence-electron chi connectivity index (χ3n) is 4.08. The lowest BCUT2D eigenvalue weighted by Gasteiger charge is -2.09. The Hall–Kier alpha value is -3.27. The summed E-state index contributed by atoms with van der Waals surface area (Å²) in [6, 6.07) is 9.67. The minimum atomic E-state index is -0.539. The number of carbonyl (C=O) groups excluding carboxylic acids is 2. The van der Waals surface area contributed by atoms with Crippen LogP contribution in [0.3, 0.4) is 0 Å². The number of hydrogen-bond acceptors (Lipinski definition) is 5. The van der Waals surface area contributed by atoms with Gasteiger partial charge in [0.05, 0.1) is 10.4 Å². The SMILES string of the molecule is Cc1ccc(Br)cc1NC(=O)CCNC(=O)c1n[nH]c2ccc([N+](=O)[O-])cc12. The lowest BCUT2D eigenvalue weighted by Crippen LogP contribution is -2.28. The summed E-state index contributed by atoms with van der Waals surface area (Å²) in [5.41, 5.74) is 2.04. The molecule has 2 amide bonds. The van der Waals surface area contributed by atoms with Crippen LogP contribution in [0.2, 0.25) is 0 Å². The maximum absolute atomic E-state index is 12.3. The van der Waals surface area contributed by atoms with Crippen LogP contribution in [0.4, 0.5) is 11.4 Å². The second-order valence-corrected chi connectivity index (χ2v) is 6.99. The summed E-state index contributed by atoms with van der Waals surface area (Å²) in [4.78, 5) is 34.8. The van der Waals surface area contributed by atoms with Crippen LogP contribution < -0.4 is 10.6 Å². The van der Waals surface area contributed by atoms with E-state index in [0.29, 0.717) is 16.6 Å². The second kappa shape index (κ2) is 8.17. The summed E-state index contributed by atoms with van der Waals surface area (Å²) >= 11 is 3.35. The molecule has 0 saturated heterocycles. The molecule has 0 aliphatic heterocycles. The molecule has 0 atom stereocenters. The number of anilines is 1. The Morgan fingerprint density at radius 2 is 2.04 bits per heavy atom. The van der Waals surface area contributed by atoms with Crippen molar-refractivity contribution < 1.29 is 14.5 Å². The number of rotatable bonds is 6. The van der Waals surface area contributed by atoms with Crippen LogP contribution in [-0.2, 0) is 4.79 Å². The number of nitro groups is 1. The predicted molar refractivity (Wildman–Crippen MR) is 107 cm³/mol. The number of nitrogens with one attached hydrogen (secondary N) is 3. The van der Waals surface area contributed by atoms with Gasteiger partial charge in [0.2, 0.25) is 5.91 Å². The van der Waals surface area contributed by atoms with Crippen molar-refractivity contribution in [1.29, 1.82) is 0 Å². The minimum Gasteiger partial charge on any atom is -0.350 e. The van der Waals surface area contributed by atoms with Crippen LogP contribution in [0.5, 0.6) is 0 Å². The van der Waals surface area contributed by atoms with Gasteiger partial charge in [-0.2, -0.15) is 5.10 Å². The van der Waals surface area contributed by atoms with Gasteiger partial charge >= 0.3 is 0 Å². The number of nitro benzene ring substituents is 1. The number of aromatic nitrogens is 2. The fourth-order valence-electron chi connectivity index (χ4n) is 2.60. The van der Waals surface area contributed by atoms with E-state index in [1.54, 1.807) is 6.07 Å². The lowest BCUT2D eigenvalue weighted by atomic mass is 10.2. The molecule has 0 fully saturated rings. The van der Waals surface area contributed by atoms with Crippen molar-refractivity contribution in [1.82, 2.24) is 15.5 Å². The molecule has 0 aliphatic carbocycles. The molecule has 10 heteroatoms. The fraction of sp³-hybridized carbons (Fsp3) is 0.167. The molecule has 2 aromatic carbocycles. The van der Waals surface area contributed by atoms with E-state index in [0.717, 1.165) is 10.0 Å². The first-order valence-electron chi connectivity index (χ1n) is 8.32. The highest BCUT2D eigenvalue weighted by Crippen LogP contribution is 2.22. The van der Waals surface area contributed by atoms with Crippen molar-refractivity contribution >= 4 is 50.0 Å². The topological polar surface area (TPSA) is 130 Å². The third kappa shape index (κ3) is 4.34. The first-order valence-corrected chi connectivity index (χ1v) is 9.11. The molecule has 144 valence electrons. The molecule has 0 aliphatic rings. The van der Waals surface area contributed by atoms with Gasteiger partial charge in [-0.15, -0.1) is 0 Å². The van der Waals surface area contributed by atoms with Gasteiger partial charge in [0.15, 0.2) is 5.69 Å². The molecule has 1 heterocycles. The number of benzene rings is 2. The van der Waals surface area contributed by atoms with E-state index in [2.05, 4.69) is 36.8 Å². The first kappa shape index (κ1) is 19.5. The molecule has 1 aromatic heterocycles.